The Kier molecular flexibility index (Phi) is 3.41. The summed E-state index contributed by atoms with van der Waals surface area (Å²) in [4.78, 5) is 8.40. The highest BCUT2D eigenvalue weighted by Gasteiger charge is 2.30. The van der Waals surface area contributed by atoms with Crippen LogP contribution in [0.1, 0.15) is 32.5 Å². The van der Waals surface area contributed by atoms with Gasteiger partial charge in [-0.1, -0.05) is 13.8 Å². The van der Waals surface area contributed by atoms with Gasteiger partial charge in [-0.25, -0.2) is 9.97 Å². The molecule has 2 N–H and O–H groups in total. The lowest BCUT2D eigenvalue weighted by Crippen LogP contribution is -2.29. The topological polar surface area (TPSA) is 61.0 Å². The van der Waals surface area contributed by atoms with Gasteiger partial charge >= 0.3 is 0 Å². The smallest absolute Gasteiger partial charge is 0.160 e. The van der Waals surface area contributed by atoms with Crippen molar-refractivity contribution < 1.29 is 4.74 Å². The maximum absolute atomic E-state index is 5.53. The third kappa shape index (κ3) is 1.85. The summed E-state index contributed by atoms with van der Waals surface area (Å²) in [5, 5.41) is 0. The third-order valence-electron chi connectivity index (χ3n) is 2.61. The molecule has 0 saturated carbocycles. The van der Waals surface area contributed by atoms with Gasteiger partial charge in [0, 0.05) is 7.11 Å². The van der Waals surface area contributed by atoms with Crippen LogP contribution >= 0.6 is 0 Å². The van der Waals surface area contributed by atoms with Gasteiger partial charge in [-0.05, 0) is 12.8 Å². The first-order chi connectivity index (χ1) is 6.68. The van der Waals surface area contributed by atoms with E-state index in [9.17, 15) is 0 Å². The van der Waals surface area contributed by atoms with E-state index in [4.69, 9.17) is 10.5 Å². The van der Waals surface area contributed by atoms with Gasteiger partial charge in [0.15, 0.2) is 5.82 Å². The summed E-state index contributed by atoms with van der Waals surface area (Å²) in [6, 6.07) is 0. The average Bonchev–Trinajstić information content (AvgIpc) is 2.24. The van der Waals surface area contributed by atoms with Gasteiger partial charge in [-0.15, -0.1) is 0 Å². The third-order valence-corrected chi connectivity index (χ3v) is 2.61. The second-order valence-electron chi connectivity index (χ2n) is 3.25. The lowest BCUT2D eigenvalue weighted by atomic mass is 9.96. The van der Waals surface area contributed by atoms with Gasteiger partial charge in [-0.2, -0.15) is 0 Å². The van der Waals surface area contributed by atoms with Crippen LogP contribution in [0.3, 0.4) is 0 Å². The van der Waals surface area contributed by atoms with E-state index in [-0.39, 0.29) is 5.60 Å². The molecule has 14 heavy (non-hydrogen) atoms. The van der Waals surface area contributed by atoms with Crippen LogP contribution in [-0.4, -0.2) is 17.1 Å². The predicted molar refractivity (Wildman–Crippen MR) is 55.7 cm³/mol. The summed E-state index contributed by atoms with van der Waals surface area (Å²) in [6.07, 6.45) is 4.93. The van der Waals surface area contributed by atoms with Crippen LogP contribution in [-0.2, 0) is 10.3 Å². The number of anilines is 1. The van der Waals surface area contributed by atoms with Crippen LogP contribution < -0.4 is 5.73 Å². The molecule has 0 radical (unpaired) electrons. The summed E-state index contributed by atoms with van der Waals surface area (Å²) < 4.78 is 5.50. The van der Waals surface area contributed by atoms with Crippen LogP contribution in [0.15, 0.2) is 12.4 Å². The standard InChI is InChI=1S/C10H17N3O/c1-4-10(5-2,14-3)9-12-6-8(11)7-13-9/h6-7H,4-5,11H2,1-3H3. The molecule has 78 valence electrons. The Labute approximate surface area is 84.5 Å². The number of ether oxygens (including phenoxy) is 1. The molecule has 0 amide bonds. The van der Waals surface area contributed by atoms with Crippen molar-refractivity contribution in [3.63, 3.8) is 0 Å². The molecule has 1 heterocycles. The van der Waals surface area contributed by atoms with E-state index < -0.39 is 0 Å². The zero-order valence-corrected chi connectivity index (χ0v) is 8.95. The van der Waals surface area contributed by atoms with Crippen molar-refractivity contribution in [3.05, 3.63) is 18.2 Å². The largest absolute Gasteiger partial charge is 0.396 e. The van der Waals surface area contributed by atoms with E-state index >= 15 is 0 Å². The first-order valence-electron chi connectivity index (χ1n) is 4.81. The van der Waals surface area contributed by atoms with Crippen LogP contribution in [0.5, 0.6) is 0 Å². The molecule has 0 saturated heterocycles. The Bertz CT molecular complexity index is 272. The molecule has 4 heteroatoms. The molecule has 0 bridgehead atoms. The highest BCUT2D eigenvalue weighted by molar-refractivity contribution is 5.30. The SMILES string of the molecule is CCC(CC)(OC)c1ncc(N)cn1. The van der Waals surface area contributed by atoms with Crippen LogP contribution in [0.4, 0.5) is 5.69 Å². The molecular weight excluding hydrogens is 178 g/mol. The Balaban J connectivity index is 3.05. The quantitative estimate of drug-likeness (QED) is 0.794. The number of nitrogens with zero attached hydrogens (tertiary/aromatic N) is 2. The van der Waals surface area contributed by atoms with Crippen molar-refractivity contribution in [2.45, 2.75) is 32.3 Å². The van der Waals surface area contributed by atoms with Crippen LogP contribution in [0.2, 0.25) is 0 Å². The number of aromatic nitrogens is 2. The monoisotopic (exact) mass is 195 g/mol. The van der Waals surface area contributed by atoms with Crippen molar-refractivity contribution in [2.75, 3.05) is 12.8 Å². The highest BCUT2D eigenvalue weighted by atomic mass is 16.5. The molecule has 1 rings (SSSR count). The first kappa shape index (κ1) is 10.9. The molecule has 0 aliphatic rings. The molecular formula is C10H17N3O. The highest BCUT2D eigenvalue weighted by Crippen LogP contribution is 2.29. The summed E-state index contributed by atoms with van der Waals surface area (Å²) in [6.45, 7) is 4.12. The number of nitrogens with two attached hydrogens (primary N) is 1. The molecule has 4 nitrogen and oxygen atoms in total. The Hall–Kier alpha value is -1.16. The molecule has 0 aliphatic heterocycles. The fourth-order valence-electron chi connectivity index (χ4n) is 1.52. The number of methoxy groups -OCH3 is 1. The van der Waals surface area contributed by atoms with Crippen molar-refractivity contribution >= 4 is 5.69 Å². The predicted octanol–water partition coefficient (Wildman–Crippen LogP) is 1.72. The minimum Gasteiger partial charge on any atom is -0.396 e. The Morgan fingerprint density at radius 1 is 1.29 bits per heavy atom. The van der Waals surface area contributed by atoms with E-state index in [2.05, 4.69) is 23.8 Å². The van der Waals surface area contributed by atoms with Crippen molar-refractivity contribution in [1.82, 2.24) is 9.97 Å². The van der Waals surface area contributed by atoms with E-state index in [1.54, 1.807) is 19.5 Å². The number of nitrogen functional groups attached to an aromatic ring is 1. The maximum atomic E-state index is 5.53. The van der Waals surface area contributed by atoms with Crippen molar-refractivity contribution in [1.29, 1.82) is 0 Å². The molecule has 0 spiro atoms. The van der Waals surface area contributed by atoms with Crippen molar-refractivity contribution in [2.24, 2.45) is 0 Å². The fourth-order valence-corrected chi connectivity index (χ4v) is 1.52. The van der Waals surface area contributed by atoms with Gasteiger partial charge in [0.05, 0.1) is 18.1 Å². The van der Waals surface area contributed by atoms with Crippen molar-refractivity contribution in [3.8, 4) is 0 Å². The zero-order chi connectivity index (χ0) is 10.6. The second kappa shape index (κ2) is 4.37. The Morgan fingerprint density at radius 2 is 1.79 bits per heavy atom. The van der Waals surface area contributed by atoms with E-state index in [1.807, 2.05) is 0 Å². The van der Waals surface area contributed by atoms with Gasteiger partial charge in [-0.3, -0.25) is 0 Å². The average molecular weight is 195 g/mol. The van der Waals surface area contributed by atoms with Gasteiger partial charge in [0.1, 0.15) is 5.60 Å². The first-order valence-corrected chi connectivity index (χ1v) is 4.81. The molecule has 0 unspecified atom stereocenters. The lowest BCUT2D eigenvalue weighted by Gasteiger charge is -2.28. The maximum Gasteiger partial charge on any atom is 0.160 e. The molecule has 0 aromatic carbocycles. The van der Waals surface area contributed by atoms with Crippen LogP contribution in [0.25, 0.3) is 0 Å². The molecule has 0 fully saturated rings. The molecule has 0 atom stereocenters. The summed E-state index contributed by atoms with van der Waals surface area (Å²) in [5.41, 5.74) is 5.74. The molecule has 0 aliphatic carbocycles. The molecule has 1 aromatic heterocycles. The lowest BCUT2D eigenvalue weighted by molar-refractivity contribution is -0.0291. The number of rotatable bonds is 4. The number of hydrogen-bond donors (Lipinski definition) is 1. The minimum atomic E-state index is -0.367. The second-order valence-corrected chi connectivity index (χ2v) is 3.25. The minimum absolute atomic E-state index is 0.367. The normalized spacial score (nSPS) is 11.6. The summed E-state index contributed by atoms with van der Waals surface area (Å²) in [7, 11) is 1.69. The number of hydrogen-bond acceptors (Lipinski definition) is 4. The van der Waals surface area contributed by atoms with E-state index in [0.717, 1.165) is 12.8 Å². The van der Waals surface area contributed by atoms with Crippen LogP contribution in [0, 0.1) is 0 Å². The summed E-state index contributed by atoms with van der Waals surface area (Å²) >= 11 is 0. The van der Waals surface area contributed by atoms with E-state index in [0.29, 0.717) is 11.5 Å². The summed E-state index contributed by atoms with van der Waals surface area (Å²) in [5.74, 6) is 0.708. The van der Waals surface area contributed by atoms with E-state index in [1.165, 1.54) is 0 Å². The van der Waals surface area contributed by atoms with Gasteiger partial charge in [0.25, 0.3) is 0 Å². The molecule has 1 aromatic rings. The fraction of sp³-hybridized carbons (Fsp3) is 0.600. The van der Waals surface area contributed by atoms with Gasteiger partial charge < -0.3 is 10.5 Å². The Morgan fingerprint density at radius 3 is 2.14 bits per heavy atom. The zero-order valence-electron chi connectivity index (χ0n) is 8.95. The van der Waals surface area contributed by atoms with Gasteiger partial charge in [0.2, 0.25) is 0 Å².